The molecule has 1 fully saturated rings. The number of amides is 1. The van der Waals surface area contributed by atoms with Crippen LogP contribution in [0.15, 0.2) is 17.2 Å². The van der Waals surface area contributed by atoms with Crippen LogP contribution in [0.4, 0.5) is 4.79 Å². The minimum Gasteiger partial charge on any atom is -0.446 e. The molecule has 0 atom stereocenters. The van der Waals surface area contributed by atoms with Gasteiger partial charge >= 0.3 is 6.09 Å². The van der Waals surface area contributed by atoms with Gasteiger partial charge in [0, 0.05) is 26.5 Å². The number of ether oxygens (including phenoxy) is 1. The first kappa shape index (κ1) is 15.5. The fourth-order valence-electron chi connectivity index (χ4n) is 2.82. The Bertz CT molecular complexity index is 760. The topological polar surface area (TPSA) is 81.7 Å². The standard InChI is InChI=1S/C15H21N5O3/c1-18-8-9-20-12(16-17-13(20)14(18)21)10-19(2)15(22)23-11-6-4-3-5-7-11/h8-9,11H,3-7,10H2,1-2H3. The van der Waals surface area contributed by atoms with E-state index >= 15 is 0 Å². The molecule has 0 radical (unpaired) electrons. The van der Waals surface area contributed by atoms with Crippen LogP contribution in [-0.2, 0) is 18.3 Å². The van der Waals surface area contributed by atoms with Gasteiger partial charge in [0.15, 0.2) is 5.82 Å². The second-order valence-corrected chi connectivity index (χ2v) is 6.02. The number of aromatic nitrogens is 4. The van der Waals surface area contributed by atoms with Gasteiger partial charge in [-0.25, -0.2) is 4.79 Å². The molecule has 1 aliphatic carbocycles. The van der Waals surface area contributed by atoms with Crippen LogP contribution in [0, 0.1) is 0 Å². The molecule has 1 saturated carbocycles. The van der Waals surface area contributed by atoms with Crippen LogP contribution in [-0.4, -0.2) is 43.3 Å². The first-order valence-electron chi connectivity index (χ1n) is 7.87. The Morgan fingerprint density at radius 1 is 1.30 bits per heavy atom. The van der Waals surface area contributed by atoms with Crippen molar-refractivity contribution in [3.05, 3.63) is 28.6 Å². The first-order chi connectivity index (χ1) is 11.1. The quantitative estimate of drug-likeness (QED) is 0.852. The summed E-state index contributed by atoms with van der Waals surface area (Å²) >= 11 is 0. The Balaban J connectivity index is 1.70. The van der Waals surface area contributed by atoms with E-state index in [1.165, 1.54) is 15.9 Å². The summed E-state index contributed by atoms with van der Waals surface area (Å²) < 4.78 is 8.56. The number of fused-ring (bicyclic) bond motifs is 1. The van der Waals surface area contributed by atoms with Crippen LogP contribution in [0.2, 0.25) is 0 Å². The Hall–Kier alpha value is -2.38. The van der Waals surface area contributed by atoms with Crippen molar-refractivity contribution < 1.29 is 9.53 Å². The largest absolute Gasteiger partial charge is 0.446 e. The molecular formula is C15H21N5O3. The molecule has 2 heterocycles. The molecule has 0 unspecified atom stereocenters. The Labute approximate surface area is 133 Å². The third-order valence-electron chi connectivity index (χ3n) is 4.23. The molecule has 8 heteroatoms. The van der Waals surface area contributed by atoms with E-state index in [-0.39, 0.29) is 29.9 Å². The van der Waals surface area contributed by atoms with E-state index in [2.05, 4.69) is 10.2 Å². The smallest absolute Gasteiger partial charge is 0.410 e. The van der Waals surface area contributed by atoms with Gasteiger partial charge in [0.25, 0.3) is 5.56 Å². The minimum atomic E-state index is -0.363. The van der Waals surface area contributed by atoms with Crippen molar-refractivity contribution in [3.8, 4) is 0 Å². The van der Waals surface area contributed by atoms with Crippen LogP contribution in [0.5, 0.6) is 0 Å². The van der Waals surface area contributed by atoms with E-state index in [1.807, 2.05) is 0 Å². The molecule has 3 rings (SSSR count). The average molecular weight is 319 g/mol. The summed E-state index contributed by atoms with van der Waals surface area (Å²) in [7, 11) is 3.32. The molecule has 1 aliphatic rings. The van der Waals surface area contributed by atoms with Crippen molar-refractivity contribution in [1.82, 2.24) is 24.1 Å². The summed E-state index contributed by atoms with van der Waals surface area (Å²) in [5, 5.41) is 7.92. The van der Waals surface area contributed by atoms with Gasteiger partial charge in [-0.1, -0.05) is 6.42 Å². The predicted molar refractivity (Wildman–Crippen MR) is 83.0 cm³/mol. The molecule has 2 aromatic heterocycles. The second-order valence-electron chi connectivity index (χ2n) is 6.02. The number of hydrogen-bond donors (Lipinski definition) is 0. The zero-order valence-corrected chi connectivity index (χ0v) is 13.4. The summed E-state index contributed by atoms with van der Waals surface area (Å²) in [6.07, 6.45) is 8.31. The summed E-state index contributed by atoms with van der Waals surface area (Å²) in [5.41, 5.74) is 0.0257. The molecule has 2 aromatic rings. The molecular weight excluding hydrogens is 298 g/mol. The molecule has 8 nitrogen and oxygen atoms in total. The lowest BCUT2D eigenvalue weighted by Crippen LogP contribution is -2.32. The van der Waals surface area contributed by atoms with Gasteiger partial charge in [0.1, 0.15) is 6.10 Å². The Morgan fingerprint density at radius 2 is 2.04 bits per heavy atom. The predicted octanol–water partition coefficient (Wildman–Crippen LogP) is 1.33. The maximum atomic E-state index is 12.2. The van der Waals surface area contributed by atoms with Gasteiger partial charge in [0.2, 0.25) is 5.65 Å². The SMILES string of the molecule is CN(Cc1nnc2c(=O)n(C)ccn12)C(=O)OC1CCCCC1. The van der Waals surface area contributed by atoms with Crippen molar-refractivity contribution >= 4 is 11.7 Å². The van der Waals surface area contributed by atoms with Crippen molar-refractivity contribution in [2.24, 2.45) is 7.05 Å². The highest BCUT2D eigenvalue weighted by Gasteiger charge is 2.21. The van der Waals surface area contributed by atoms with Crippen LogP contribution in [0.1, 0.15) is 37.9 Å². The average Bonchev–Trinajstić information content (AvgIpc) is 2.95. The van der Waals surface area contributed by atoms with Crippen molar-refractivity contribution in [2.45, 2.75) is 44.8 Å². The lowest BCUT2D eigenvalue weighted by molar-refractivity contribution is 0.0492. The lowest BCUT2D eigenvalue weighted by Gasteiger charge is -2.24. The van der Waals surface area contributed by atoms with Gasteiger partial charge in [0.05, 0.1) is 6.54 Å². The molecule has 0 aliphatic heterocycles. The lowest BCUT2D eigenvalue weighted by atomic mass is 9.98. The highest BCUT2D eigenvalue weighted by atomic mass is 16.6. The summed E-state index contributed by atoms with van der Waals surface area (Å²) in [4.78, 5) is 25.6. The van der Waals surface area contributed by atoms with Gasteiger partial charge in [-0.05, 0) is 25.7 Å². The molecule has 0 N–H and O–H groups in total. The van der Waals surface area contributed by atoms with Gasteiger partial charge < -0.3 is 14.2 Å². The molecule has 0 saturated heterocycles. The summed E-state index contributed by atoms with van der Waals surface area (Å²) in [5.74, 6) is 0.529. The Kier molecular flexibility index (Phi) is 4.31. The molecule has 124 valence electrons. The van der Waals surface area contributed by atoms with Gasteiger partial charge in [-0.2, -0.15) is 0 Å². The molecule has 0 spiro atoms. The van der Waals surface area contributed by atoms with E-state index in [0.29, 0.717) is 5.82 Å². The molecule has 23 heavy (non-hydrogen) atoms. The highest BCUT2D eigenvalue weighted by Crippen LogP contribution is 2.21. The zero-order chi connectivity index (χ0) is 16.4. The van der Waals surface area contributed by atoms with Gasteiger partial charge in [-0.15, -0.1) is 10.2 Å². The minimum absolute atomic E-state index is 0.0149. The number of hydrogen-bond acceptors (Lipinski definition) is 5. The highest BCUT2D eigenvalue weighted by molar-refractivity contribution is 5.67. The second kappa shape index (κ2) is 6.39. The molecule has 0 bridgehead atoms. The van der Waals surface area contributed by atoms with Crippen LogP contribution in [0.25, 0.3) is 5.65 Å². The maximum Gasteiger partial charge on any atom is 0.410 e. The van der Waals surface area contributed by atoms with Crippen LogP contribution in [0.3, 0.4) is 0 Å². The van der Waals surface area contributed by atoms with E-state index in [0.717, 1.165) is 25.7 Å². The number of nitrogens with zero attached hydrogens (tertiary/aromatic N) is 5. The monoisotopic (exact) mass is 319 g/mol. The summed E-state index contributed by atoms with van der Waals surface area (Å²) in [6, 6.07) is 0. The van der Waals surface area contributed by atoms with E-state index in [4.69, 9.17) is 4.74 Å². The van der Waals surface area contributed by atoms with E-state index < -0.39 is 0 Å². The number of carbonyl (C=O) groups is 1. The fraction of sp³-hybridized carbons (Fsp3) is 0.600. The van der Waals surface area contributed by atoms with Crippen molar-refractivity contribution in [1.29, 1.82) is 0 Å². The normalized spacial score (nSPS) is 15.7. The fourth-order valence-corrected chi connectivity index (χ4v) is 2.82. The van der Waals surface area contributed by atoms with Crippen molar-refractivity contribution in [2.75, 3.05) is 7.05 Å². The summed E-state index contributed by atoms with van der Waals surface area (Å²) in [6.45, 7) is 0.236. The third-order valence-corrected chi connectivity index (χ3v) is 4.23. The van der Waals surface area contributed by atoms with Crippen LogP contribution >= 0.6 is 0 Å². The first-order valence-corrected chi connectivity index (χ1v) is 7.87. The maximum absolute atomic E-state index is 12.2. The molecule has 1 amide bonds. The zero-order valence-electron chi connectivity index (χ0n) is 13.4. The third kappa shape index (κ3) is 3.20. The number of carbonyl (C=O) groups excluding carboxylic acids is 1. The van der Waals surface area contributed by atoms with Crippen molar-refractivity contribution in [3.63, 3.8) is 0 Å². The van der Waals surface area contributed by atoms with Gasteiger partial charge in [-0.3, -0.25) is 9.20 Å². The van der Waals surface area contributed by atoms with E-state index in [9.17, 15) is 9.59 Å². The molecule has 0 aromatic carbocycles. The van der Waals surface area contributed by atoms with Crippen LogP contribution < -0.4 is 5.56 Å². The number of rotatable bonds is 3. The Morgan fingerprint density at radius 3 is 2.78 bits per heavy atom. The van der Waals surface area contributed by atoms with E-state index in [1.54, 1.807) is 30.9 Å². The number of aryl methyl sites for hydroxylation is 1.